The van der Waals surface area contributed by atoms with Gasteiger partial charge in [-0.15, -0.1) is 11.3 Å². The molecule has 54 heavy (non-hydrogen) atoms. The fourth-order valence-electron chi connectivity index (χ4n) is 7.83. The van der Waals surface area contributed by atoms with Crippen LogP contribution in [0, 0.1) is 0 Å². The second kappa shape index (κ2) is 13.7. The van der Waals surface area contributed by atoms with E-state index in [1.165, 1.54) is 75.5 Å². The van der Waals surface area contributed by atoms with Crippen molar-refractivity contribution >= 4 is 59.3 Å². The minimum absolute atomic E-state index is 1.10. The Labute approximate surface area is 319 Å². The van der Waals surface area contributed by atoms with E-state index in [1.807, 2.05) is 11.3 Å². The van der Waals surface area contributed by atoms with Crippen LogP contribution in [-0.2, 0) is 0 Å². The summed E-state index contributed by atoms with van der Waals surface area (Å²) in [6.45, 7) is 0. The molecule has 2 heteroatoms. The largest absolute Gasteiger partial charge is 0.310 e. The lowest BCUT2D eigenvalue weighted by atomic mass is 9.89. The van der Waals surface area contributed by atoms with Crippen LogP contribution < -0.4 is 4.90 Å². The first-order chi connectivity index (χ1) is 26.8. The van der Waals surface area contributed by atoms with Gasteiger partial charge in [0.2, 0.25) is 0 Å². The smallest absolute Gasteiger partial charge is 0.0467 e. The van der Waals surface area contributed by atoms with Crippen LogP contribution in [0.15, 0.2) is 212 Å². The van der Waals surface area contributed by atoms with Crippen molar-refractivity contribution < 1.29 is 0 Å². The molecule has 0 saturated carbocycles. The minimum atomic E-state index is 1.10. The topological polar surface area (TPSA) is 3.24 Å². The molecule has 9 aromatic carbocycles. The van der Waals surface area contributed by atoms with E-state index >= 15 is 0 Å². The number of thiophene rings is 1. The molecule has 1 nitrogen and oxygen atoms in total. The van der Waals surface area contributed by atoms with Gasteiger partial charge in [0.1, 0.15) is 0 Å². The van der Waals surface area contributed by atoms with E-state index in [2.05, 4.69) is 217 Å². The van der Waals surface area contributed by atoms with Crippen LogP contribution in [0.2, 0.25) is 0 Å². The number of fused-ring (bicyclic) bond motifs is 4. The second-order valence-corrected chi connectivity index (χ2v) is 14.8. The Balaban J connectivity index is 1.15. The number of rotatable bonds is 7. The Hall–Kier alpha value is -6.74. The summed E-state index contributed by atoms with van der Waals surface area (Å²) < 4.78 is 2.61. The fraction of sp³-hybridized carbons (Fsp3) is 0. The zero-order valence-electron chi connectivity index (χ0n) is 29.6. The van der Waals surface area contributed by atoms with Crippen LogP contribution in [0.3, 0.4) is 0 Å². The molecule has 0 bridgehead atoms. The Morgan fingerprint density at radius 1 is 0.315 bits per heavy atom. The van der Waals surface area contributed by atoms with Gasteiger partial charge in [-0.1, -0.05) is 158 Å². The first-order valence-corrected chi connectivity index (χ1v) is 19.2. The van der Waals surface area contributed by atoms with E-state index in [0.717, 1.165) is 17.1 Å². The van der Waals surface area contributed by atoms with Crippen molar-refractivity contribution in [3.05, 3.63) is 212 Å². The predicted molar refractivity (Wildman–Crippen MR) is 233 cm³/mol. The van der Waals surface area contributed by atoms with E-state index < -0.39 is 0 Å². The summed E-state index contributed by atoms with van der Waals surface area (Å²) in [4.78, 5) is 2.38. The maximum atomic E-state index is 2.38. The van der Waals surface area contributed by atoms with E-state index in [0.29, 0.717) is 0 Å². The van der Waals surface area contributed by atoms with Crippen molar-refractivity contribution in [3.63, 3.8) is 0 Å². The third kappa shape index (κ3) is 5.84. The number of nitrogens with zero attached hydrogens (tertiary/aromatic N) is 1. The molecule has 0 atom stereocenters. The van der Waals surface area contributed by atoms with Gasteiger partial charge in [-0.2, -0.15) is 0 Å². The molecule has 10 rings (SSSR count). The molecule has 0 fully saturated rings. The summed E-state index contributed by atoms with van der Waals surface area (Å²) in [5.41, 5.74) is 13.0. The van der Waals surface area contributed by atoms with Gasteiger partial charge in [0.05, 0.1) is 0 Å². The third-order valence-electron chi connectivity index (χ3n) is 10.5. The third-order valence-corrected chi connectivity index (χ3v) is 11.6. The van der Waals surface area contributed by atoms with E-state index in [4.69, 9.17) is 0 Å². The van der Waals surface area contributed by atoms with Crippen molar-refractivity contribution in [3.8, 4) is 44.5 Å². The van der Waals surface area contributed by atoms with Crippen LogP contribution in [0.25, 0.3) is 75.5 Å². The van der Waals surface area contributed by atoms with Gasteiger partial charge in [0, 0.05) is 37.2 Å². The van der Waals surface area contributed by atoms with Gasteiger partial charge in [0.15, 0.2) is 0 Å². The van der Waals surface area contributed by atoms with Crippen molar-refractivity contribution in [1.29, 1.82) is 0 Å². The average molecular weight is 706 g/mol. The summed E-state index contributed by atoms with van der Waals surface area (Å²) in [6.07, 6.45) is 0. The van der Waals surface area contributed by atoms with Crippen molar-refractivity contribution in [1.82, 2.24) is 0 Å². The summed E-state index contributed by atoms with van der Waals surface area (Å²) >= 11 is 1.87. The van der Waals surface area contributed by atoms with Crippen molar-refractivity contribution in [2.24, 2.45) is 0 Å². The standard InChI is InChI=1S/C52H35NS/c1-3-12-36(13-4-1)39-24-28-44(29-25-39)53(45-30-26-40(27-31-45)37-14-5-2-6-15-37)46-19-11-18-42(35-46)47-32-33-50-52(48-20-9-10-21-49(48)54-50)51(47)43-23-22-38-16-7-8-17-41(38)34-43/h1-35H. The molecule has 254 valence electrons. The average Bonchev–Trinajstić information content (AvgIpc) is 3.63. The Kier molecular flexibility index (Phi) is 8.09. The lowest BCUT2D eigenvalue weighted by Crippen LogP contribution is -2.10. The Morgan fingerprint density at radius 2 is 0.870 bits per heavy atom. The summed E-state index contributed by atoms with van der Waals surface area (Å²) in [7, 11) is 0. The maximum absolute atomic E-state index is 2.38. The SMILES string of the molecule is c1ccc(-c2ccc(N(c3ccc(-c4ccccc4)cc3)c3cccc(-c4ccc5sc6ccccc6c5c4-c4ccc5ccccc5c4)c3)cc2)cc1. The van der Waals surface area contributed by atoms with Crippen molar-refractivity contribution in [2.75, 3.05) is 4.90 Å². The zero-order valence-corrected chi connectivity index (χ0v) is 30.4. The molecular weight excluding hydrogens is 671 g/mol. The van der Waals surface area contributed by atoms with E-state index in [9.17, 15) is 0 Å². The Morgan fingerprint density at radius 3 is 1.56 bits per heavy atom. The molecule has 1 aromatic heterocycles. The molecule has 0 saturated heterocycles. The molecular formula is C52H35NS. The highest BCUT2D eigenvalue weighted by atomic mass is 32.1. The van der Waals surface area contributed by atoms with Crippen LogP contribution in [-0.4, -0.2) is 0 Å². The highest BCUT2D eigenvalue weighted by molar-refractivity contribution is 7.26. The molecule has 0 amide bonds. The molecule has 0 radical (unpaired) electrons. The first-order valence-electron chi connectivity index (χ1n) is 18.4. The molecule has 0 unspecified atom stereocenters. The molecule has 0 aliphatic heterocycles. The summed E-state index contributed by atoms with van der Waals surface area (Å²) in [5.74, 6) is 0. The molecule has 0 spiro atoms. The number of hydrogen-bond donors (Lipinski definition) is 0. The lowest BCUT2D eigenvalue weighted by molar-refractivity contribution is 1.28. The van der Waals surface area contributed by atoms with Crippen LogP contribution in [0.4, 0.5) is 17.1 Å². The molecule has 1 heterocycles. The number of benzene rings is 9. The van der Waals surface area contributed by atoms with Crippen LogP contribution in [0.1, 0.15) is 0 Å². The predicted octanol–water partition coefficient (Wildman–Crippen LogP) is 15.3. The molecule has 0 aliphatic carbocycles. The first kappa shape index (κ1) is 32.0. The minimum Gasteiger partial charge on any atom is -0.310 e. The van der Waals surface area contributed by atoms with Gasteiger partial charge in [-0.3, -0.25) is 0 Å². The zero-order chi connectivity index (χ0) is 35.8. The number of anilines is 3. The van der Waals surface area contributed by atoms with Gasteiger partial charge in [-0.25, -0.2) is 0 Å². The van der Waals surface area contributed by atoms with E-state index in [-0.39, 0.29) is 0 Å². The van der Waals surface area contributed by atoms with Crippen LogP contribution in [0.5, 0.6) is 0 Å². The lowest BCUT2D eigenvalue weighted by Gasteiger charge is -2.27. The van der Waals surface area contributed by atoms with E-state index in [1.54, 1.807) is 0 Å². The summed E-state index contributed by atoms with van der Waals surface area (Å²) in [5, 5.41) is 5.12. The van der Waals surface area contributed by atoms with Gasteiger partial charge in [-0.05, 0) is 110 Å². The Bertz CT molecular complexity index is 2820. The highest BCUT2D eigenvalue weighted by Crippen LogP contribution is 2.46. The van der Waals surface area contributed by atoms with Crippen LogP contribution >= 0.6 is 11.3 Å². The monoisotopic (exact) mass is 705 g/mol. The quantitative estimate of drug-likeness (QED) is 0.160. The molecule has 10 aromatic rings. The van der Waals surface area contributed by atoms with Gasteiger partial charge in [0.25, 0.3) is 0 Å². The molecule has 0 aliphatic rings. The highest BCUT2D eigenvalue weighted by Gasteiger charge is 2.19. The maximum Gasteiger partial charge on any atom is 0.0467 e. The fourth-order valence-corrected chi connectivity index (χ4v) is 8.94. The normalized spacial score (nSPS) is 11.3. The van der Waals surface area contributed by atoms with Crippen molar-refractivity contribution in [2.45, 2.75) is 0 Å². The summed E-state index contributed by atoms with van der Waals surface area (Å²) in [6, 6.07) is 77.1. The second-order valence-electron chi connectivity index (χ2n) is 13.7. The number of hydrogen-bond acceptors (Lipinski definition) is 2. The molecule has 0 N–H and O–H groups in total. The van der Waals surface area contributed by atoms with Gasteiger partial charge >= 0.3 is 0 Å². The van der Waals surface area contributed by atoms with Gasteiger partial charge < -0.3 is 4.90 Å².